The third-order valence-electron chi connectivity index (χ3n) is 4.89. The van der Waals surface area contributed by atoms with Gasteiger partial charge in [-0.05, 0) is 48.9 Å². The molecule has 0 aliphatic heterocycles. The Morgan fingerprint density at radius 1 is 0.967 bits per heavy atom. The predicted molar refractivity (Wildman–Crippen MR) is 124 cm³/mol. The Morgan fingerprint density at radius 2 is 1.60 bits per heavy atom. The normalized spacial score (nSPS) is 11.4. The highest BCUT2D eigenvalue weighted by molar-refractivity contribution is 7.89. The number of carbonyl (C=O) groups is 1. The molecule has 0 unspecified atom stereocenters. The highest BCUT2D eigenvalue weighted by Crippen LogP contribution is 2.29. The monoisotopic (exact) mass is 432 g/mol. The van der Waals surface area contributed by atoms with Gasteiger partial charge in [0.25, 0.3) is 5.91 Å². The largest absolute Gasteiger partial charge is 0.376 e. The first kappa shape index (κ1) is 23.7. The number of hydrogen-bond donors (Lipinski definition) is 1. The quantitative estimate of drug-likeness (QED) is 0.657. The van der Waals surface area contributed by atoms with E-state index in [0.29, 0.717) is 11.3 Å². The lowest BCUT2D eigenvalue weighted by atomic mass is 10.1. The van der Waals surface area contributed by atoms with E-state index in [1.165, 1.54) is 20.2 Å². The molecule has 0 spiro atoms. The van der Waals surface area contributed by atoms with Crippen molar-refractivity contribution in [3.63, 3.8) is 0 Å². The summed E-state index contributed by atoms with van der Waals surface area (Å²) in [7, 11) is 5.06. The van der Waals surface area contributed by atoms with Gasteiger partial charge in [-0.1, -0.05) is 13.3 Å². The molecule has 2 rings (SSSR count). The molecule has 0 fully saturated rings. The third kappa shape index (κ3) is 5.52. The van der Waals surface area contributed by atoms with Crippen LogP contribution < -0.4 is 15.1 Å². The molecule has 30 heavy (non-hydrogen) atoms. The van der Waals surface area contributed by atoms with E-state index in [2.05, 4.69) is 17.1 Å². The van der Waals surface area contributed by atoms with Crippen molar-refractivity contribution in [3.05, 3.63) is 48.0 Å². The fourth-order valence-corrected chi connectivity index (χ4v) is 3.89. The molecule has 0 aliphatic rings. The van der Waals surface area contributed by atoms with Crippen LogP contribution in [0.2, 0.25) is 0 Å². The Morgan fingerprint density at radius 3 is 2.13 bits per heavy atom. The number of nitrogens with one attached hydrogen (secondary N) is 1. The van der Waals surface area contributed by atoms with Gasteiger partial charge < -0.3 is 15.1 Å². The summed E-state index contributed by atoms with van der Waals surface area (Å²) in [6.07, 6.45) is 2.24. The summed E-state index contributed by atoms with van der Waals surface area (Å²) in [5, 5.41) is 2.87. The summed E-state index contributed by atoms with van der Waals surface area (Å²) in [4.78, 5) is 16.9. The van der Waals surface area contributed by atoms with E-state index in [0.717, 1.165) is 35.1 Å². The molecule has 7 nitrogen and oxygen atoms in total. The van der Waals surface area contributed by atoms with Gasteiger partial charge in [-0.2, -0.15) is 0 Å². The molecule has 8 heteroatoms. The van der Waals surface area contributed by atoms with Crippen molar-refractivity contribution in [2.45, 2.75) is 24.7 Å². The lowest BCUT2D eigenvalue weighted by Crippen LogP contribution is -2.23. The first-order valence-electron chi connectivity index (χ1n) is 9.94. The van der Waals surface area contributed by atoms with Crippen molar-refractivity contribution in [1.82, 2.24) is 4.31 Å². The summed E-state index contributed by atoms with van der Waals surface area (Å²) in [6, 6.07) is 12.1. The maximum atomic E-state index is 12.8. The van der Waals surface area contributed by atoms with Gasteiger partial charge in [0.2, 0.25) is 10.0 Å². The van der Waals surface area contributed by atoms with Crippen molar-refractivity contribution in [2.24, 2.45) is 0 Å². The molecule has 0 aromatic heterocycles. The van der Waals surface area contributed by atoms with Gasteiger partial charge in [0.1, 0.15) is 0 Å². The molecule has 0 bridgehead atoms. The van der Waals surface area contributed by atoms with Crippen LogP contribution in [0.3, 0.4) is 0 Å². The van der Waals surface area contributed by atoms with E-state index < -0.39 is 10.0 Å². The second-order valence-electron chi connectivity index (χ2n) is 7.64. The number of benzene rings is 2. The van der Waals surface area contributed by atoms with Crippen LogP contribution >= 0.6 is 0 Å². The summed E-state index contributed by atoms with van der Waals surface area (Å²) >= 11 is 0. The highest BCUT2D eigenvalue weighted by Gasteiger charge is 2.20. The van der Waals surface area contributed by atoms with E-state index >= 15 is 0 Å². The van der Waals surface area contributed by atoms with Crippen molar-refractivity contribution in [3.8, 4) is 0 Å². The van der Waals surface area contributed by atoms with Crippen LogP contribution in [0.1, 0.15) is 30.1 Å². The zero-order chi connectivity index (χ0) is 22.5. The van der Waals surface area contributed by atoms with Gasteiger partial charge in [-0.15, -0.1) is 0 Å². The maximum absolute atomic E-state index is 12.8. The molecule has 0 aliphatic carbocycles. The number of amides is 1. The van der Waals surface area contributed by atoms with Crippen molar-refractivity contribution < 1.29 is 13.2 Å². The molecule has 0 saturated heterocycles. The molecular weight excluding hydrogens is 400 g/mol. The zero-order valence-corrected chi connectivity index (χ0v) is 19.5. The fraction of sp³-hybridized carbons (Fsp3) is 0.409. The average Bonchev–Trinajstić information content (AvgIpc) is 2.71. The van der Waals surface area contributed by atoms with Gasteiger partial charge in [-0.25, -0.2) is 12.7 Å². The summed E-state index contributed by atoms with van der Waals surface area (Å²) in [5.74, 6) is -0.291. The molecule has 0 radical (unpaired) electrons. The smallest absolute Gasteiger partial charge is 0.255 e. The summed E-state index contributed by atoms with van der Waals surface area (Å²) in [5.41, 5.74) is 2.72. The second kappa shape index (κ2) is 9.95. The minimum absolute atomic E-state index is 0.126. The molecule has 0 saturated carbocycles. The number of unbranched alkanes of at least 4 members (excludes halogenated alkanes) is 1. The summed E-state index contributed by atoms with van der Waals surface area (Å²) in [6.45, 7) is 3.11. The van der Waals surface area contributed by atoms with E-state index in [4.69, 9.17) is 0 Å². The second-order valence-corrected chi connectivity index (χ2v) is 9.79. The Balaban J connectivity index is 2.29. The highest BCUT2D eigenvalue weighted by atomic mass is 32.2. The van der Waals surface area contributed by atoms with E-state index in [-0.39, 0.29) is 10.8 Å². The van der Waals surface area contributed by atoms with Gasteiger partial charge >= 0.3 is 0 Å². The third-order valence-corrected chi connectivity index (χ3v) is 6.71. The first-order valence-corrected chi connectivity index (χ1v) is 11.4. The van der Waals surface area contributed by atoms with Crippen LogP contribution in [0.25, 0.3) is 0 Å². The predicted octanol–water partition coefficient (Wildman–Crippen LogP) is 3.49. The van der Waals surface area contributed by atoms with Crippen LogP contribution in [0.4, 0.5) is 17.1 Å². The van der Waals surface area contributed by atoms with Crippen LogP contribution in [0, 0.1) is 0 Å². The SMILES string of the molecule is CCCCN(C)c1ccc(C(=O)Nc2cc(S(=O)(=O)N(C)C)ccc2N(C)C)cc1. The molecular formula is C22H32N4O3S. The number of anilines is 3. The Kier molecular flexibility index (Phi) is 7.86. The molecule has 1 amide bonds. The number of carbonyl (C=O) groups excluding carboxylic acids is 1. The van der Waals surface area contributed by atoms with Crippen LogP contribution in [-0.4, -0.2) is 60.4 Å². The molecule has 0 heterocycles. The first-order chi connectivity index (χ1) is 14.1. The molecule has 2 aromatic rings. The number of hydrogen-bond acceptors (Lipinski definition) is 5. The molecule has 1 N–H and O–H groups in total. The topological polar surface area (TPSA) is 73.0 Å². The van der Waals surface area contributed by atoms with E-state index in [1.54, 1.807) is 24.3 Å². The molecule has 164 valence electrons. The fourth-order valence-electron chi connectivity index (χ4n) is 2.96. The van der Waals surface area contributed by atoms with Crippen LogP contribution in [-0.2, 0) is 10.0 Å². The number of nitrogens with zero attached hydrogens (tertiary/aromatic N) is 3. The van der Waals surface area contributed by atoms with Gasteiger partial charge in [0.05, 0.1) is 16.3 Å². The van der Waals surface area contributed by atoms with Crippen molar-refractivity contribution in [1.29, 1.82) is 0 Å². The van der Waals surface area contributed by atoms with E-state index in [9.17, 15) is 13.2 Å². The lowest BCUT2D eigenvalue weighted by Gasteiger charge is -2.21. The Labute approximate surface area is 180 Å². The van der Waals surface area contributed by atoms with Crippen LogP contribution in [0.15, 0.2) is 47.4 Å². The minimum Gasteiger partial charge on any atom is -0.376 e. The number of rotatable bonds is 9. The van der Waals surface area contributed by atoms with Gasteiger partial charge in [0, 0.05) is 53.0 Å². The minimum atomic E-state index is -3.61. The van der Waals surface area contributed by atoms with E-state index in [1.807, 2.05) is 38.2 Å². The Hall–Kier alpha value is -2.58. The van der Waals surface area contributed by atoms with Gasteiger partial charge in [0.15, 0.2) is 0 Å². The number of sulfonamides is 1. The maximum Gasteiger partial charge on any atom is 0.255 e. The molecule has 2 aromatic carbocycles. The lowest BCUT2D eigenvalue weighted by molar-refractivity contribution is 0.102. The molecule has 0 atom stereocenters. The van der Waals surface area contributed by atoms with Gasteiger partial charge in [-0.3, -0.25) is 4.79 Å². The average molecular weight is 433 g/mol. The van der Waals surface area contributed by atoms with Crippen molar-refractivity contribution >= 4 is 33.0 Å². The zero-order valence-electron chi connectivity index (χ0n) is 18.6. The van der Waals surface area contributed by atoms with Crippen LogP contribution in [0.5, 0.6) is 0 Å². The standard InChI is InChI=1S/C22H32N4O3S/c1-7-8-15-26(6)18-11-9-17(10-12-18)22(27)23-20-16-19(30(28,29)25(4)5)13-14-21(20)24(2)3/h9-14,16H,7-8,15H2,1-6H3,(H,23,27). The summed E-state index contributed by atoms with van der Waals surface area (Å²) < 4.78 is 26.1. The van der Waals surface area contributed by atoms with Crippen molar-refractivity contribution in [2.75, 3.05) is 56.9 Å². The Bertz CT molecular complexity index is 970.